The second kappa shape index (κ2) is 6.10. The minimum atomic E-state index is -0.420. The van der Waals surface area contributed by atoms with Crippen LogP contribution < -0.4 is 5.32 Å². The van der Waals surface area contributed by atoms with E-state index in [4.69, 9.17) is 11.6 Å². The molecule has 5 heteroatoms. The van der Waals surface area contributed by atoms with Crippen molar-refractivity contribution in [2.45, 2.75) is 19.9 Å². The second-order valence-corrected chi connectivity index (χ2v) is 5.88. The van der Waals surface area contributed by atoms with Crippen LogP contribution in [0.2, 0.25) is 5.02 Å². The molecule has 0 heterocycles. The molecule has 1 unspecified atom stereocenters. The van der Waals surface area contributed by atoms with Gasteiger partial charge in [-0.1, -0.05) is 11.6 Å². The Morgan fingerprint density at radius 1 is 1.15 bits per heavy atom. The van der Waals surface area contributed by atoms with Gasteiger partial charge in [0.25, 0.3) is 0 Å². The molecular weight excluding hydrogens is 348 g/mol. The fraction of sp³-hybridized carbons (Fsp3) is 0.200. The van der Waals surface area contributed by atoms with E-state index in [9.17, 15) is 8.78 Å². The zero-order chi connectivity index (χ0) is 14.9. The molecule has 0 saturated carbocycles. The van der Waals surface area contributed by atoms with Crippen LogP contribution in [0.4, 0.5) is 14.5 Å². The summed E-state index contributed by atoms with van der Waals surface area (Å²) in [6.45, 7) is 3.31. The molecule has 0 amide bonds. The normalized spacial score (nSPS) is 12.3. The molecule has 20 heavy (non-hydrogen) atoms. The summed E-state index contributed by atoms with van der Waals surface area (Å²) in [6.07, 6.45) is 0. The van der Waals surface area contributed by atoms with E-state index in [1.165, 1.54) is 19.1 Å². The topological polar surface area (TPSA) is 12.0 Å². The van der Waals surface area contributed by atoms with E-state index >= 15 is 0 Å². The predicted molar refractivity (Wildman–Crippen MR) is 82.3 cm³/mol. The van der Waals surface area contributed by atoms with Crippen LogP contribution in [-0.4, -0.2) is 0 Å². The van der Waals surface area contributed by atoms with E-state index in [1.54, 1.807) is 25.1 Å². The fourth-order valence-corrected chi connectivity index (χ4v) is 2.40. The minimum absolute atomic E-state index is 0.291. The van der Waals surface area contributed by atoms with Crippen LogP contribution in [0.25, 0.3) is 0 Å². The first kappa shape index (κ1) is 15.3. The summed E-state index contributed by atoms with van der Waals surface area (Å²) in [5.74, 6) is -0.829. The van der Waals surface area contributed by atoms with Gasteiger partial charge >= 0.3 is 0 Å². The van der Waals surface area contributed by atoms with Crippen molar-refractivity contribution in [3.05, 3.63) is 62.6 Å². The summed E-state index contributed by atoms with van der Waals surface area (Å²) in [6, 6.07) is 7.38. The highest BCUT2D eigenvalue weighted by Gasteiger charge is 2.14. The maximum atomic E-state index is 13.9. The van der Waals surface area contributed by atoms with Gasteiger partial charge in [0.15, 0.2) is 0 Å². The molecule has 1 N–H and O–H groups in total. The lowest BCUT2D eigenvalue weighted by molar-refractivity contribution is 0.571. The summed E-state index contributed by atoms with van der Waals surface area (Å²) in [4.78, 5) is 0. The van der Waals surface area contributed by atoms with Gasteiger partial charge in [0.1, 0.15) is 11.6 Å². The first-order chi connectivity index (χ1) is 9.38. The monoisotopic (exact) mass is 359 g/mol. The number of rotatable bonds is 3. The molecule has 0 bridgehead atoms. The summed E-state index contributed by atoms with van der Waals surface area (Å²) in [5, 5.41) is 3.71. The molecule has 1 nitrogen and oxygen atoms in total. The van der Waals surface area contributed by atoms with Crippen LogP contribution in [0, 0.1) is 18.6 Å². The third-order valence-corrected chi connectivity index (χ3v) is 4.26. The number of hydrogen-bond donors (Lipinski definition) is 1. The highest BCUT2D eigenvalue weighted by atomic mass is 79.9. The predicted octanol–water partition coefficient (Wildman–Crippen LogP) is 5.86. The van der Waals surface area contributed by atoms with Crippen LogP contribution in [0.15, 0.2) is 34.8 Å². The molecule has 2 aromatic carbocycles. The standard InChI is InChI=1S/C15H13BrClF2N/c1-8-5-15(19)11(7-14(8)18)9(2)20-10-3-4-13(17)12(16)6-10/h3-7,9,20H,1-2H3. The summed E-state index contributed by atoms with van der Waals surface area (Å²) >= 11 is 9.24. The van der Waals surface area contributed by atoms with Crippen molar-refractivity contribution >= 4 is 33.2 Å². The SMILES string of the molecule is Cc1cc(F)c(C(C)Nc2ccc(Cl)c(Br)c2)cc1F. The molecule has 0 aromatic heterocycles. The maximum Gasteiger partial charge on any atom is 0.128 e. The van der Waals surface area contributed by atoms with Crippen molar-refractivity contribution in [2.75, 3.05) is 5.32 Å². The Balaban J connectivity index is 2.25. The van der Waals surface area contributed by atoms with Crippen LogP contribution in [0.3, 0.4) is 0 Å². The van der Waals surface area contributed by atoms with Gasteiger partial charge in [-0.15, -0.1) is 0 Å². The zero-order valence-electron chi connectivity index (χ0n) is 11.0. The van der Waals surface area contributed by atoms with E-state index in [0.717, 1.165) is 10.2 Å². The Kier molecular flexibility index (Phi) is 4.66. The molecule has 0 radical (unpaired) electrons. The quantitative estimate of drug-likeness (QED) is 0.722. The molecule has 0 aliphatic heterocycles. The van der Waals surface area contributed by atoms with Crippen molar-refractivity contribution in [3.63, 3.8) is 0 Å². The summed E-state index contributed by atoms with van der Waals surface area (Å²) in [5.41, 5.74) is 1.36. The smallest absolute Gasteiger partial charge is 0.128 e. The van der Waals surface area contributed by atoms with Crippen LogP contribution in [-0.2, 0) is 0 Å². The van der Waals surface area contributed by atoms with E-state index in [-0.39, 0.29) is 6.04 Å². The maximum absolute atomic E-state index is 13.9. The van der Waals surface area contributed by atoms with Crippen molar-refractivity contribution in [2.24, 2.45) is 0 Å². The zero-order valence-corrected chi connectivity index (χ0v) is 13.3. The molecule has 0 aliphatic carbocycles. The molecule has 0 aliphatic rings. The van der Waals surface area contributed by atoms with Crippen LogP contribution >= 0.6 is 27.5 Å². The first-order valence-electron chi connectivity index (χ1n) is 6.05. The van der Waals surface area contributed by atoms with Crippen molar-refractivity contribution in [3.8, 4) is 0 Å². The number of hydrogen-bond acceptors (Lipinski definition) is 1. The Labute approximate surface area is 130 Å². The average Bonchev–Trinajstić information content (AvgIpc) is 2.38. The Morgan fingerprint density at radius 3 is 2.50 bits per heavy atom. The second-order valence-electron chi connectivity index (χ2n) is 4.62. The third kappa shape index (κ3) is 3.30. The minimum Gasteiger partial charge on any atom is -0.378 e. The Hall–Kier alpha value is -1.13. The summed E-state index contributed by atoms with van der Waals surface area (Å²) in [7, 11) is 0. The molecule has 0 saturated heterocycles. The van der Waals surface area contributed by atoms with Crippen molar-refractivity contribution < 1.29 is 8.78 Å². The molecule has 2 aromatic rings. The van der Waals surface area contributed by atoms with Crippen molar-refractivity contribution in [1.82, 2.24) is 0 Å². The first-order valence-corrected chi connectivity index (χ1v) is 7.22. The average molecular weight is 361 g/mol. The van der Waals surface area contributed by atoms with Crippen molar-refractivity contribution in [1.29, 1.82) is 0 Å². The van der Waals surface area contributed by atoms with Crippen LogP contribution in [0.1, 0.15) is 24.1 Å². The van der Waals surface area contributed by atoms with E-state index in [2.05, 4.69) is 21.2 Å². The van der Waals surface area contributed by atoms with Gasteiger partial charge in [-0.3, -0.25) is 0 Å². The van der Waals surface area contributed by atoms with Gasteiger partial charge in [0, 0.05) is 15.7 Å². The largest absolute Gasteiger partial charge is 0.378 e. The lowest BCUT2D eigenvalue weighted by Gasteiger charge is -2.17. The van der Waals surface area contributed by atoms with E-state index in [1.807, 2.05) is 0 Å². The van der Waals surface area contributed by atoms with Gasteiger partial charge in [0.2, 0.25) is 0 Å². The highest BCUT2D eigenvalue weighted by molar-refractivity contribution is 9.10. The molecular formula is C15H13BrClF2N. The Bertz CT molecular complexity index is 646. The molecule has 0 spiro atoms. The summed E-state index contributed by atoms with van der Waals surface area (Å²) < 4.78 is 28.2. The fourth-order valence-electron chi connectivity index (χ4n) is 1.91. The highest BCUT2D eigenvalue weighted by Crippen LogP contribution is 2.29. The molecule has 2 rings (SSSR count). The lowest BCUT2D eigenvalue weighted by atomic mass is 10.0. The number of benzene rings is 2. The van der Waals surface area contributed by atoms with Gasteiger partial charge in [-0.25, -0.2) is 8.78 Å². The number of halogens is 4. The van der Waals surface area contributed by atoms with Gasteiger partial charge < -0.3 is 5.32 Å². The molecule has 0 fully saturated rings. The lowest BCUT2D eigenvalue weighted by Crippen LogP contribution is -2.09. The molecule has 1 atom stereocenters. The molecule has 106 valence electrons. The number of aryl methyl sites for hydroxylation is 1. The van der Waals surface area contributed by atoms with Gasteiger partial charge in [-0.2, -0.15) is 0 Å². The number of nitrogens with one attached hydrogen (secondary N) is 1. The van der Waals surface area contributed by atoms with Crippen LogP contribution in [0.5, 0.6) is 0 Å². The van der Waals surface area contributed by atoms with E-state index in [0.29, 0.717) is 16.1 Å². The Morgan fingerprint density at radius 2 is 1.85 bits per heavy atom. The number of anilines is 1. The van der Waals surface area contributed by atoms with E-state index < -0.39 is 11.6 Å². The van der Waals surface area contributed by atoms with Gasteiger partial charge in [-0.05, 0) is 65.7 Å². The van der Waals surface area contributed by atoms with Gasteiger partial charge in [0.05, 0.1) is 11.1 Å². The third-order valence-electron chi connectivity index (χ3n) is 3.05.